The van der Waals surface area contributed by atoms with Crippen LogP contribution in [0, 0.1) is 5.82 Å². The Kier molecular flexibility index (Phi) is 6.16. The number of aromatic nitrogens is 3. The molecule has 0 bridgehead atoms. The van der Waals surface area contributed by atoms with Gasteiger partial charge in [-0.3, -0.25) is 4.68 Å². The summed E-state index contributed by atoms with van der Waals surface area (Å²) in [5.41, 5.74) is -3.22. The number of aliphatic hydroxyl groups is 1. The van der Waals surface area contributed by atoms with E-state index in [1.54, 1.807) is 0 Å². The molecule has 4 rings (SSSR count). The molecule has 3 aromatic rings. The van der Waals surface area contributed by atoms with E-state index in [9.17, 15) is 27.5 Å². The van der Waals surface area contributed by atoms with E-state index < -0.39 is 65.0 Å². The number of halogens is 5. The molecule has 1 atom stereocenters. The second-order valence-electron chi connectivity index (χ2n) is 7.33. The van der Waals surface area contributed by atoms with Crippen LogP contribution in [-0.4, -0.2) is 51.4 Å². The van der Waals surface area contributed by atoms with Crippen LogP contribution >= 0.6 is 11.6 Å². The van der Waals surface area contributed by atoms with Crippen molar-refractivity contribution in [3.8, 4) is 22.6 Å². The molecule has 1 aromatic carbocycles. The Morgan fingerprint density at radius 3 is 2.70 bits per heavy atom. The van der Waals surface area contributed by atoms with E-state index in [-0.39, 0.29) is 23.8 Å². The minimum atomic E-state index is -4.94. The van der Waals surface area contributed by atoms with E-state index in [4.69, 9.17) is 25.6 Å². The zero-order valence-electron chi connectivity index (χ0n) is 16.9. The lowest BCUT2D eigenvalue weighted by Crippen LogP contribution is -2.37. The molecule has 0 saturated carbocycles. The molecule has 2 aromatic heterocycles. The van der Waals surface area contributed by atoms with E-state index in [1.165, 1.54) is 19.1 Å². The van der Waals surface area contributed by atoms with Gasteiger partial charge >= 0.3 is 12.1 Å². The molecule has 176 valence electrons. The number of rotatable bonds is 6. The van der Waals surface area contributed by atoms with Gasteiger partial charge in [0.25, 0.3) is 0 Å². The van der Waals surface area contributed by atoms with Gasteiger partial charge in [-0.25, -0.2) is 9.18 Å². The average Bonchev–Trinajstić information content (AvgIpc) is 3.28. The number of esters is 1. The first-order valence-corrected chi connectivity index (χ1v) is 10.00. The van der Waals surface area contributed by atoms with Crippen LogP contribution < -0.4 is 0 Å². The summed E-state index contributed by atoms with van der Waals surface area (Å²) in [6.45, 7) is 1.01. The Labute approximate surface area is 188 Å². The molecule has 1 fully saturated rings. The number of carbonyl (C=O) groups is 1. The fraction of sp³-hybridized carbons (Fsp3) is 0.350. The van der Waals surface area contributed by atoms with Crippen molar-refractivity contribution in [3.63, 3.8) is 0 Å². The first-order valence-electron chi connectivity index (χ1n) is 9.62. The number of carbonyl (C=O) groups excluding carboxylic acids is 1. The molecule has 0 radical (unpaired) electrons. The van der Waals surface area contributed by atoms with Crippen LogP contribution in [-0.2, 0) is 22.2 Å². The van der Waals surface area contributed by atoms with Crippen LogP contribution in [0.15, 0.2) is 28.9 Å². The molecule has 13 heteroatoms. The largest absolute Gasteiger partial charge is 0.454 e. The SMILES string of the molecule is C[C@@H](O)Cn1ncc(-c2onc(-c3c(F)cccc3Cl)c2C(=O)OC2COC2)c1C(F)(F)F. The summed E-state index contributed by atoms with van der Waals surface area (Å²) in [7, 11) is 0. The Balaban J connectivity index is 1.92. The van der Waals surface area contributed by atoms with Gasteiger partial charge in [0.05, 0.1) is 48.2 Å². The Hall–Kier alpha value is -2.96. The van der Waals surface area contributed by atoms with Gasteiger partial charge in [-0.05, 0) is 19.1 Å². The maximum Gasteiger partial charge on any atom is 0.433 e. The zero-order valence-corrected chi connectivity index (χ0v) is 17.7. The molecular formula is C20H16ClF4N3O5. The van der Waals surface area contributed by atoms with Gasteiger partial charge in [0, 0.05) is 0 Å². The van der Waals surface area contributed by atoms with Crippen LogP contribution in [0.4, 0.5) is 17.6 Å². The quantitative estimate of drug-likeness (QED) is 0.413. The number of ether oxygens (including phenoxy) is 2. The lowest BCUT2D eigenvalue weighted by molar-refractivity contribution is -0.144. The zero-order chi connectivity index (χ0) is 23.9. The smallest absolute Gasteiger partial charge is 0.433 e. The topological polar surface area (TPSA) is 99.6 Å². The summed E-state index contributed by atoms with van der Waals surface area (Å²) < 4.78 is 72.2. The van der Waals surface area contributed by atoms with Gasteiger partial charge in [-0.1, -0.05) is 22.8 Å². The number of hydrogen-bond acceptors (Lipinski definition) is 7. The highest BCUT2D eigenvalue weighted by Gasteiger charge is 2.42. The highest BCUT2D eigenvalue weighted by molar-refractivity contribution is 6.33. The summed E-state index contributed by atoms with van der Waals surface area (Å²) in [5.74, 6) is -2.59. The molecule has 0 aliphatic carbocycles. The van der Waals surface area contributed by atoms with Gasteiger partial charge in [0.15, 0.2) is 11.5 Å². The molecule has 1 saturated heterocycles. The molecule has 3 heterocycles. The van der Waals surface area contributed by atoms with Crippen LogP contribution in [0.5, 0.6) is 0 Å². The van der Waals surface area contributed by atoms with Crippen molar-refractivity contribution in [2.75, 3.05) is 13.2 Å². The van der Waals surface area contributed by atoms with E-state index in [0.717, 1.165) is 12.3 Å². The summed E-state index contributed by atoms with van der Waals surface area (Å²) >= 11 is 6.09. The molecule has 1 aliphatic rings. The number of aliphatic hydroxyl groups excluding tert-OH is 1. The van der Waals surface area contributed by atoms with Crippen molar-refractivity contribution >= 4 is 17.6 Å². The normalized spacial score (nSPS) is 15.4. The summed E-state index contributed by atoms with van der Waals surface area (Å²) in [5, 5.41) is 16.8. The Morgan fingerprint density at radius 2 is 2.12 bits per heavy atom. The van der Waals surface area contributed by atoms with E-state index in [2.05, 4.69) is 10.3 Å². The van der Waals surface area contributed by atoms with Crippen LogP contribution in [0.1, 0.15) is 23.0 Å². The van der Waals surface area contributed by atoms with Gasteiger partial charge in [-0.15, -0.1) is 0 Å². The van der Waals surface area contributed by atoms with E-state index >= 15 is 0 Å². The van der Waals surface area contributed by atoms with Crippen molar-refractivity contribution in [2.45, 2.75) is 31.9 Å². The number of nitrogens with zero attached hydrogens (tertiary/aromatic N) is 3. The lowest BCUT2D eigenvalue weighted by Gasteiger charge is -2.25. The second-order valence-corrected chi connectivity index (χ2v) is 7.74. The van der Waals surface area contributed by atoms with Crippen molar-refractivity contribution < 1.29 is 41.5 Å². The summed E-state index contributed by atoms with van der Waals surface area (Å²) in [6, 6.07) is 3.69. The van der Waals surface area contributed by atoms with Crippen LogP contribution in [0.25, 0.3) is 22.6 Å². The first kappa shape index (κ1) is 23.2. The summed E-state index contributed by atoms with van der Waals surface area (Å²) in [6.07, 6.45) is -5.90. The fourth-order valence-electron chi connectivity index (χ4n) is 3.29. The van der Waals surface area contributed by atoms with Crippen LogP contribution in [0.2, 0.25) is 5.02 Å². The highest BCUT2D eigenvalue weighted by Crippen LogP contribution is 2.42. The molecule has 33 heavy (non-hydrogen) atoms. The average molecular weight is 490 g/mol. The Morgan fingerprint density at radius 1 is 1.39 bits per heavy atom. The van der Waals surface area contributed by atoms with Gasteiger partial charge in [0.2, 0.25) is 0 Å². The fourth-order valence-corrected chi connectivity index (χ4v) is 3.54. The number of hydrogen-bond donors (Lipinski definition) is 1. The van der Waals surface area contributed by atoms with E-state index in [0.29, 0.717) is 4.68 Å². The maximum absolute atomic E-state index is 14.6. The standard InChI is InChI=1S/C20H16ClF4N3O5/c1-9(29)6-28-18(20(23,24)25)11(5-26-28)17-15(19(30)32-10-7-31-8-10)16(27-33-17)14-12(21)3-2-4-13(14)22/h2-5,9-10,29H,6-8H2,1H3/t9-/m1/s1. The van der Waals surface area contributed by atoms with Crippen molar-refractivity contribution in [3.05, 3.63) is 46.5 Å². The van der Waals surface area contributed by atoms with Gasteiger partial charge in [0.1, 0.15) is 23.2 Å². The molecular weight excluding hydrogens is 474 g/mol. The third-order valence-electron chi connectivity index (χ3n) is 4.77. The van der Waals surface area contributed by atoms with Crippen molar-refractivity contribution in [1.82, 2.24) is 14.9 Å². The predicted octanol–water partition coefficient (Wildman–Crippen LogP) is 3.95. The van der Waals surface area contributed by atoms with Crippen molar-refractivity contribution in [1.29, 1.82) is 0 Å². The highest BCUT2D eigenvalue weighted by atomic mass is 35.5. The van der Waals surface area contributed by atoms with E-state index in [1.807, 2.05) is 0 Å². The maximum atomic E-state index is 14.6. The predicted molar refractivity (Wildman–Crippen MR) is 105 cm³/mol. The van der Waals surface area contributed by atoms with Crippen LogP contribution in [0.3, 0.4) is 0 Å². The van der Waals surface area contributed by atoms with Gasteiger partial charge < -0.3 is 19.1 Å². The third-order valence-corrected chi connectivity index (χ3v) is 5.08. The Bertz CT molecular complexity index is 1170. The molecule has 8 nitrogen and oxygen atoms in total. The monoisotopic (exact) mass is 489 g/mol. The van der Waals surface area contributed by atoms with Crippen molar-refractivity contribution in [2.24, 2.45) is 0 Å². The number of alkyl halides is 3. The molecule has 1 N–H and O–H groups in total. The minimum Gasteiger partial charge on any atom is -0.454 e. The molecule has 0 spiro atoms. The molecule has 1 aliphatic heterocycles. The third kappa shape index (κ3) is 4.45. The first-order chi connectivity index (χ1) is 15.6. The minimum absolute atomic E-state index is 0.0995. The molecule has 0 unspecified atom stereocenters. The molecule has 0 amide bonds. The second kappa shape index (κ2) is 8.76. The van der Waals surface area contributed by atoms with Gasteiger partial charge in [-0.2, -0.15) is 18.3 Å². The number of benzene rings is 1. The lowest BCUT2D eigenvalue weighted by atomic mass is 10.0. The summed E-state index contributed by atoms with van der Waals surface area (Å²) in [4.78, 5) is 13.0.